The Balaban J connectivity index is 1.64. The SMILES string of the molecule is O=C1COc2ccc(C(=O)Cn3cnc4cc(Cl)ccc4c3=O)cc2N1. The van der Waals surface area contributed by atoms with Crippen molar-refractivity contribution in [3.05, 3.63) is 63.7 Å². The monoisotopic (exact) mass is 369 g/mol. The topological polar surface area (TPSA) is 90.3 Å². The number of rotatable bonds is 3. The first kappa shape index (κ1) is 16.3. The van der Waals surface area contributed by atoms with Gasteiger partial charge in [0.15, 0.2) is 12.4 Å². The largest absolute Gasteiger partial charge is 0.482 e. The quantitative estimate of drug-likeness (QED) is 0.715. The normalized spacial score (nSPS) is 13.0. The highest BCUT2D eigenvalue weighted by molar-refractivity contribution is 6.31. The van der Waals surface area contributed by atoms with Crippen LogP contribution >= 0.6 is 11.6 Å². The lowest BCUT2D eigenvalue weighted by Crippen LogP contribution is -2.26. The van der Waals surface area contributed by atoms with Crippen molar-refractivity contribution in [3.8, 4) is 5.75 Å². The molecule has 0 aliphatic carbocycles. The Morgan fingerprint density at radius 3 is 2.92 bits per heavy atom. The van der Waals surface area contributed by atoms with Gasteiger partial charge in [-0.2, -0.15) is 0 Å². The number of anilines is 1. The Labute approximate surface area is 152 Å². The summed E-state index contributed by atoms with van der Waals surface area (Å²) in [6.45, 7) is -0.222. The first-order valence-electron chi connectivity index (χ1n) is 7.76. The van der Waals surface area contributed by atoms with E-state index >= 15 is 0 Å². The molecule has 4 rings (SSSR count). The van der Waals surface area contributed by atoms with Crippen LogP contribution in [-0.4, -0.2) is 27.8 Å². The van der Waals surface area contributed by atoms with Crippen molar-refractivity contribution < 1.29 is 14.3 Å². The molecule has 0 fully saturated rings. The maximum Gasteiger partial charge on any atom is 0.262 e. The van der Waals surface area contributed by atoms with Crippen molar-refractivity contribution in [1.29, 1.82) is 0 Å². The number of ketones is 1. The lowest BCUT2D eigenvalue weighted by molar-refractivity contribution is -0.118. The summed E-state index contributed by atoms with van der Waals surface area (Å²) in [4.78, 5) is 40.7. The summed E-state index contributed by atoms with van der Waals surface area (Å²) in [6.07, 6.45) is 1.32. The van der Waals surface area contributed by atoms with E-state index in [9.17, 15) is 14.4 Å². The van der Waals surface area contributed by atoms with Crippen molar-refractivity contribution in [2.45, 2.75) is 6.54 Å². The molecule has 26 heavy (non-hydrogen) atoms. The van der Waals surface area contributed by atoms with Crippen molar-refractivity contribution in [2.75, 3.05) is 11.9 Å². The molecule has 2 aromatic carbocycles. The van der Waals surface area contributed by atoms with Crippen LogP contribution in [0.5, 0.6) is 5.75 Å². The molecule has 1 amide bonds. The second kappa shape index (κ2) is 6.27. The second-order valence-corrected chi connectivity index (χ2v) is 6.25. The fraction of sp³-hybridized carbons (Fsp3) is 0.111. The Bertz CT molecular complexity index is 1120. The van der Waals surface area contributed by atoms with Crippen molar-refractivity contribution >= 4 is 39.9 Å². The molecule has 8 heteroatoms. The average molecular weight is 370 g/mol. The van der Waals surface area contributed by atoms with Crippen molar-refractivity contribution in [1.82, 2.24) is 9.55 Å². The summed E-state index contributed by atoms with van der Waals surface area (Å²) < 4.78 is 6.51. The van der Waals surface area contributed by atoms with Crippen molar-refractivity contribution in [2.24, 2.45) is 0 Å². The van der Waals surface area contributed by atoms with Gasteiger partial charge in [0.2, 0.25) is 0 Å². The highest BCUT2D eigenvalue weighted by atomic mass is 35.5. The summed E-state index contributed by atoms with van der Waals surface area (Å²) in [5.74, 6) is -0.0666. The number of carbonyl (C=O) groups is 2. The van der Waals surface area contributed by atoms with Crippen LogP contribution in [0, 0.1) is 0 Å². The summed E-state index contributed by atoms with van der Waals surface area (Å²) in [5, 5.41) is 3.52. The van der Waals surface area contributed by atoms with Crippen LogP contribution in [0.2, 0.25) is 5.02 Å². The molecule has 1 aromatic heterocycles. The third-order valence-corrected chi connectivity index (χ3v) is 4.27. The molecule has 7 nitrogen and oxygen atoms in total. The highest BCUT2D eigenvalue weighted by Crippen LogP contribution is 2.28. The minimum Gasteiger partial charge on any atom is -0.482 e. The lowest BCUT2D eigenvalue weighted by Gasteiger charge is -2.18. The van der Waals surface area contributed by atoms with E-state index in [2.05, 4.69) is 10.3 Å². The van der Waals surface area contributed by atoms with E-state index in [1.165, 1.54) is 17.0 Å². The predicted octanol–water partition coefficient (Wildman–Crippen LogP) is 2.26. The van der Waals surface area contributed by atoms with E-state index in [4.69, 9.17) is 16.3 Å². The van der Waals surface area contributed by atoms with E-state index in [-0.39, 0.29) is 30.4 Å². The number of carbonyl (C=O) groups excluding carboxylic acids is 2. The number of nitrogens with one attached hydrogen (secondary N) is 1. The van der Waals surface area contributed by atoms with Crippen LogP contribution in [-0.2, 0) is 11.3 Å². The van der Waals surface area contributed by atoms with Gasteiger partial charge >= 0.3 is 0 Å². The Hall–Kier alpha value is -3.19. The first-order chi connectivity index (χ1) is 12.5. The summed E-state index contributed by atoms with van der Waals surface area (Å²) in [6, 6.07) is 9.53. The highest BCUT2D eigenvalue weighted by Gasteiger charge is 2.18. The van der Waals surface area contributed by atoms with Crippen LogP contribution in [0.25, 0.3) is 10.9 Å². The predicted molar refractivity (Wildman–Crippen MR) is 95.9 cm³/mol. The van der Waals surface area contributed by atoms with E-state index < -0.39 is 0 Å². The Morgan fingerprint density at radius 2 is 2.08 bits per heavy atom. The fourth-order valence-electron chi connectivity index (χ4n) is 2.75. The van der Waals surface area contributed by atoms with E-state index in [1.54, 1.807) is 30.3 Å². The number of nitrogens with zero attached hydrogens (tertiary/aromatic N) is 2. The molecule has 0 saturated heterocycles. The van der Waals surface area contributed by atoms with E-state index in [0.717, 1.165) is 0 Å². The smallest absolute Gasteiger partial charge is 0.262 e. The molecule has 0 bridgehead atoms. The first-order valence-corrected chi connectivity index (χ1v) is 8.14. The lowest BCUT2D eigenvalue weighted by atomic mass is 10.1. The number of halogens is 1. The zero-order valence-electron chi connectivity index (χ0n) is 13.4. The van der Waals surface area contributed by atoms with Gasteiger partial charge in [0.25, 0.3) is 11.5 Å². The van der Waals surface area contributed by atoms with Crippen LogP contribution in [0.3, 0.4) is 0 Å². The van der Waals surface area contributed by atoms with E-state index in [1.807, 2.05) is 0 Å². The van der Waals surface area contributed by atoms with Gasteiger partial charge in [0, 0.05) is 10.6 Å². The van der Waals surface area contributed by atoms with Gasteiger partial charge in [0.1, 0.15) is 5.75 Å². The molecule has 0 radical (unpaired) electrons. The number of fused-ring (bicyclic) bond motifs is 2. The molecule has 2 heterocycles. The van der Waals surface area contributed by atoms with Crippen LogP contribution in [0.4, 0.5) is 5.69 Å². The molecule has 1 aliphatic heterocycles. The third-order valence-electron chi connectivity index (χ3n) is 4.04. The number of ether oxygens (including phenoxy) is 1. The molecule has 1 aliphatic rings. The van der Waals surface area contributed by atoms with Crippen LogP contribution < -0.4 is 15.6 Å². The van der Waals surface area contributed by atoms with Crippen LogP contribution in [0.15, 0.2) is 47.5 Å². The minimum absolute atomic E-state index is 0.0531. The van der Waals surface area contributed by atoms with Gasteiger partial charge in [-0.25, -0.2) is 4.98 Å². The number of hydrogen-bond donors (Lipinski definition) is 1. The molecule has 130 valence electrons. The Kier molecular flexibility index (Phi) is 3.93. The minimum atomic E-state index is -0.324. The molecule has 0 unspecified atom stereocenters. The molecule has 0 atom stereocenters. The standard InChI is InChI=1S/C18H12ClN3O4/c19-11-2-3-12-13(6-11)20-9-22(18(12)25)7-15(23)10-1-4-16-14(5-10)21-17(24)8-26-16/h1-6,9H,7-8H2,(H,21,24). The van der Waals surface area contributed by atoms with Gasteiger partial charge in [-0.1, -0.05) is 11.6 Å². The third kappa shape index (κ3) is 2.93. The molecule has 0 spiro atoms. The average Bonchev–Trinajstić information content (AvgIpc) is 2.63. The molecule has 3 aromatic rings. The fourth-order valence-corrected chi connectivity index (χ4v) is 2.91. The second-order valence-electron chi connectivity index (χ2n) is 5.81. The number of benzene rings is 2. The number of hydrogen-bond acceptors (Lipinski definition) is 5. The Morgan fingerprint density at radius 1 is 1.23 bits per heavy atom. The number of Topliss-reactive ketones (excluding diaryl/α,β-unsaturated/α-hetero) is 1. The maximum absolute atomic E-state index is 12.6. The van der Waals surface area contributed by atoms with Gasteiger partial charge in [0.05, 0.1) is 29.5 Å². The zero-order chi connectivity index (χ0) is 18.3. The van der Waals surface area contributed by atoms with Gasteiger partial charge in [-0.05, 0) is 36.4 Å². The summed E-state index contributed by atoms with van der Waals surface area (Å²) >= 11 is 5.90. The summed E-state index contributed by atoms with van der Waals surface area (Å²) in [5.41, 5.74) is 0.942. The van der Waals surface area contributed by atoms with Crippen molar-refractivity contribution in [3.63, 3.8) is 0 Å². The maximum atomic E-state index is 12.6. The molecular weight excluding hydrogens is 358 g/mol. The van der Waals surface area contributed by atoms with Crippen LogP contribution in [0.1, 0.15) is 10.4 Å². The zero-order valence-corrected chi connectivity index (χ0v) is 14.1. The molecule has 0 saturated carbocycles. The number of aromatic nitrogens is 2. The summed E-state index contributed by atoms with van der Waals surface area (Å²) in [7, 11) is 0. The molecular formula is C18H12ClN3O4. The van der Waals surface area contributed by atoms with E-state index in [0.29, 0.717) is 32.9 Å². The van der Waals surface area contributed by atoms with Gasteiger partial charge in [-0.15, -0.1) is 0 Å². The molecule has 1 N–H and O–H groups in total. The number of amides is 1. The van der Waals surface area contributed by atoms with Gasteiger partial charge in [-0.3, -0.25) is 19.0 Å². The van der Waals surface area contributed by atoms with Gasteiger partial charge < -0.3 is 10.1 Å².